The molecule has 1 N–H and O–H groups in total. The Balaban J connectivity index is 1.64. The summed E-state index contributed by atoms with van der Waals surface area (Å²) in [5.41, 5.74) is 7.16. The van der Waals surface area contributed by atoms with Gasteiger partial charge in [0.05, 0.1) is 33.1 Å². The van der Waals surface area contributed by atoms with Gasteiger partial charge in [0, 0.05) is 16.5 Å². The number of rotatable bonds is 1. The van der Waals surface area contributed by atoms with Crippen LogP contribution in [0.3, 0.4) is 0 Å². The molecule has 0 fully saturated rings. The van der Waals surface area contributed by atoms with E-state index in [1.54, 1.807) is 0 Å². The molecule has 7 aromatic rings. The standard InChI is InChI=1S/C25H16N4/c1-4-10-21-17(7-1)18-8-2-5-11-22(18)28(21)16-13-14-20-24(15-16)29-23-12-6-3-9-19(23)26-25(29)27-20/h1-15H,(H,26,27)/i/hD. The number of aromatic nitrogens is 4. The molecule has 0 aliphatic heterocycles. The molecule has 0 aliphatic rings. The highest BCUT2D eigenvalue weighted by Crippen LogP contribution is 2.33. The maximum absolute atomic E-state index is 8.58. The molecule has 0 atom stereocenters. The van der Waals surface area contributed by atoms with Crippen LogP contribution in [0.25, 0.3) is 55.3 Å². The number of nitrogens with one attached hydrogen (secondary N) is 1. The number of fused-ring (bicyclic) bond motifs is 8. The van der Waals surface area contributed by atoms with E-state index in [-0.39, 0.29) is 0 Å². The van der Waals surface area contributed by atoms with E-state index in [1.165, 1.54) is 26.8 Å². The number of para-hydroxylation sites is 4. The second kappa shape index (κ2) is 5.26. The number of nitrogens with zero attached hydrogens (tertiary/aromatic N) is 3. The minimum atomic E-state index is 0.630. The highest BCUT2D eigenvalue weighted by atomic mass is 15.1. The van der Waals surface area contributed by atoms with Crippen molar-refractivity contribution in [2.45, 2.75) is 0 Å². The maximum atomic E-state index is 8.58. The van der Waals surface area contributed by atoms with Crippen LogP contribution in [0.5, 0.6) is 0 Å². The van der Waals surface area contributed by atoms with Crippen molar-refractivity contribution in [3.63, 3.8) is 0 Å². The van der Waals surface area contributed by atoms with Gasteiger partial charge in [-0.1, -0.05) is 48.5 Å². The van der Waals surface area contributed by atoms with Gasteiger partial charge in [0.1, 0.15) is 0 Å². The van der Waals surface area contributed by atoms with E-state index in [1.807, 2.05) is 24.3 Å². The number of hydrogen-bond acceptors (Lipinski definition) is 1. The molecule has 0 bridgehead atoms. The van der Waals surface area contributed by atoms with Crippen LogP contribution in [0.4, 0.5) is 0 Å². The van der Waals surface area contributed by atoms with Crippen molar-refractivity contribution in [2.75, 3.05) is 0 Å². The van der Waals surface area contributed by atoms with Gasteiger partial charge in [-0.2, -0.15) is 0 Å². The number of imidazole rings is 2. The normalized spacial score (nSPS) is 12.6. The zero-order chi connectivity index (χ0) is 19.8. The quantitative estimate of drug-likeness (QED) is 0.373. The number of benzene rings is 4. The van der Waals surface area contributed by atoms with Crippen LogP contribution < -0.4 is 0 Å². The van der Waals surface area contributed by atoms with Gasteiger partial charge in [0.15, 0.2) is 1.41 Å². The molecule has 4 nitrogen and oxygen atoms in total. The minimum absolute atomic E-state index is 0.630. The summed E-state index contributed by atoms with van der Waals surface area (Å²) in [6, 6.07) is 31.3. The van der Waals surface area contributed by atoms with Crippen molar-refractivity contribution >= 4 is 49.7 Å². The van der Waals surface area contributed by atoms with E-state index in [0.29, 0.717) is 5.78 Å². The maximum Gasteiger partial charge on any atom is 0.213 e. The van der Waals surface area contributed by atoms with Crippen molar-refractivity contribution in [2.24, 2.45) is 0 Å². The van der Waals surface area contributed by atoms with Crippen LogP contribution in [0.15, 0.2) is 91.0 Å². The Bertz CT molecular complexity index is 1710. The first-order valence-electron chi connectivity index (χ1n) is 10.2. The first-order valence-corrected chi connectivity index (χ1v) is 9.71. The highest BCUT2D eigenvalue weighted by molar-refractivity contribution is 6.09. The van der Waals surface area contributed by atoms with Crippen molar-refractivity contribution in [1.82, 2.24) is 18.9 Å². The molecule has 0 saturated carbocycles. The van der Waals surface area contributed by atoms with E-state index in [9.17, 15) is 0 Å². The Morgan fingerprint density at radius 3 is 2.10 bits per heavy atom. The van der Waals surface area contributed by atoms with Crippen LogP contribution in [-0.4, -0.2) is 18.9 Å². The molecule has 4 heteroatoms. The Labute approximate surface area is 167 Å². The lowest BCUT2D eigenvalue weighted by atomic mass is 10.2. The summed E-state index contributed by atoms with van der Waals surface area (Å²) in [6.45, 7) is 0. The molecule has 0 aliphatic carbocycles. The fourth-order valence-corrected chi connectivity index (χ4v) is 4.56. The monoisotopic (exact) mass is 373 g/mol. The zero-order valence-corrected chi connectivity index (χ0v) is 15.4. The van der Waals surface area contributed by atoms with Gasteiger partial charge in [-0.3, -0.25) is 4.40 Å². The van der Waals surface area contributed by atoms with Crippen molar-refractivity contribution in [3.05, 3.63) is 91.0 Å². The first kappa shape index (κ1) is 14.0. The summed E-state index contributed by atoms with van der Waals surface area (Å²) >= 11 is 0. The largest absolute Gasteiger partial charge is 0.323 e. The van der Waals surface area contributed by atoms with Gasteiger partial charge in [0.25, 0.3) is 0 Å². The van der Waals surface area contributed by atoms with Crippen LogP contribution >= 0.6 is 0 Å². The van der Waals surface area contributed by atoms with Crippen LogP contribution in [0, 0.1) is 0 Å². The van der Waals surface area contributed by atoms with E-state index in [4.69, 9.17) is 1.41 Å². The van der Waals surface area contributed by atoms with E-state index in [0.717, 1.165) is 27.8 Å². The SMILES string of the molecule is [2H]n1c2ccc(-n3c4ccccc4c4ccccc43)cc2n2c3ccccc3nc12. The van der Waals surface area contributed by atoms with Crippen molar-refractivity contribution in [1.29, 1.82) is 0 Å². The molecule has 7 rings (SSSR count). The summed E-state index contributed by atoms with van der Waals surface area (Å²) in [7, 11) is 0. The number of hydrogen-bond donors (Lipinski definition) is 1. The lowest BCUT2D eigenvalue weighted by Gasteiger charge is -2.08. The Morgan fingerprint density at radius 2 is 1.34 bits per heavy atom. The van der Waals surface area contributed by atoms with Crippen molar-refractivity contribution < 1.29 is 1.41 Å². The molecular weight excluding hydrogens is 356 g/mol. The van der Waals surface area contributed by atoms with Gasteiger partial charge in [0.2, 0.25) is 5.78 Å². The molecular formula is C25H16N4. The molecule has 3 heterocycles. The third-order valence-corrected chi connectivity index (χ3v) is 5.80. The molecule has 0 spiro atoms. The van der Waals surface area contributed by atoms with Gasteiger partial charge < -0.3 is 9.54 Å². The van der Waals surface area contributed by atoms with Crippen LogP contribution in [0.2, 0.25) is 1.41 Å². The van der Waals surface area contributed by atoms with Gasteiger partial charge in [-0.15, -0.1) is 0 Å². The smallest absolute Gasteiger partial charge is 0.213 e. The molecule has 136 valence electrons. The topological polar surface area (TPSA) is 38.0 Å². The minimum Gasteiger partial charge on any atom is -0.323 e. The Kier molecular flexibility index (Phi) is 2.55. The predicted molar refractivity (Wildman–Crippen MR) is 119 cm³/mol. The van der Waals surface area contributed by atoms with Gasteiger partial charge in [-0.25, -0.2) is 4.98 Å². The second-order valence-electron chi connectivity index (χ2n) is 7.39. The third kappa shape index (κ3) is 1.90. The molecule has 0 amide bonds. The van der Waals surface area contributed by atoms with E-state index >= 15 is 0 Å². The average molecular weight is 373 g/mol. The van der Waals surface area contributed by atoms with Crippen LogP contribution in [-0.2, 0) is 0 Å². The summed E-state index contributed by atoms with van der Waals surface area (Å²) in [4.78, 5) is 6.10. The lowest BCUT2D eigenvalue weighted by molar-refractivity contribution is 1.18. The Hall–Kier alpha value is -4.05. The van der Waals surface area contributed by atoms with E-state index in [2.05, 4.69) is 80.7 Å². The van der Waals surface area contributed by atoms with E-state index < -0.39 is 0 Å². The third-order valence-electron chi connectivity index (χ3n) is 5.80. The molecule has 0 saturated heterocycles. The molecule has 0 radical (unpaired) electrons. The summed E-state index contributed by atoms with van der Waals surface area (Å²) in [5.74, 6) is 0.630. The highest BCUT2D eigenvalue weighted by Gasteiger charge is 2.14. The fraction of sp³-hybridized carbons (Fsp3) is 0. The Morgan fingerprint density at radius 1 is 0.690 bits per heavy atom. The predicted octanol–water partition coefficient (Wildman–Crippen LogP) is 6.07. The molecule has 3 aromatic heterocycles. The summed E-state index contributed by atoms with van der Waals surface area (Å²) in [6.07, 6.45) is 0. The summed E-state index contributed by atoms with van der Waals surface area (Å²) < 4.78 is 13.0. The lowest BCUT2D eigenvalue weighted by Crippen LogP contribution is -1.94. The second-order valence-corrected chi connectivity index (χ2v) is 7.39. The average Bonchev–Trinajstić information content (AvgIpc) is 3.42. The van der Waals surface area contributed by atoms with Gasteiger partial charge >= 0.3 is 0 Å². The van der Waals surface area contributed by atoms with Crippen LogP contribution in [0.1, 0.15) is 0 Å². The zero-order valence-electron chi connectivity index (χ0n) is 16.4. The summed E-state index contributed by atoms with van der Waals surface area (Å²) in [5, 5.41) is 2.48. The van der Waals surface area contributed by atoms with Crippen molar-refractivity contribution in [3.8, 4) is 5.69 Å². The molecule has 29 heavy (non-hydrogen) atoms. The molecule has 0 unspecified atom stereocenters. The number of aromatic amines is 1. The van der Waals surface area contributed by atoms with Gasteiger partial charge in [-0.05, 0) is 42.5 Å². The first-order chi connectivity index (χ1) is 14.8. The fourth-order valence-electron chi connectivity index (χ4n) is 4.56. The number of H-pyrrole nitrogens is 1. The molecule has 4 aromatic carbocycles.